The minimum atomic E-state index is -0.384. The third kappa shape index (κ3) is 4.21. The number of esters is 1. The summed E-state index contributed by atoms with van der Waals surface area (Å²) in [6.07, 6.45) is 1.92. The van der Waals surface area contributed by atoms with E-state index in [1.807, 2.05) is 6.92 Å². The zero-order chi connectivity index (χ0) is 16.1. The lowest BCUT2D eigenvalue weighted by Gasteiger charge is -2.29. The molecule has 1 aromatic rings. The number of aryl methyl sites for hydroxylation is 1. The van der Waals surface area contributed by atoms with Crippen LogP contribution < -0.4 is 10.6 Å². The normalized spacial score (nSPS) is 16.1. The molecular formula is C16H23N3O3. The minimum Gasteiger partial charge on any atom is -0.465 e. The van der Waals surface area contributed by atoms with E-state index in [4.69, 9.17) is 0 Å². The molecule has 2 amide bonds. The molecule has 1 aliphatic heterocycles. The number of likely N-dealkylation sites (tertiary alicyclic amines) is 1. The minimum absolute atomic E-state index is 0.205. The summed E-state index contributed by atoms with van der Waals surface area (Å²) in [6, 6.07) is 5.07. The van der Waals surface area contributed by atoms with Gasteiger partial charge in [0, 0.05) is 11.7 Å². The Morgan fingerprint density at radius 3 is 2.55 bits per heavy atom. The fourth-order valence-electron chi connectivity index (χ4n) is 2.55. The Morgan fingerprint density at radius 1 is 1.27 bits per heavy atom. The van der Waals surface area contributed by atoms with Crippen molar-refractivity contribution in [2.45, 2.75) is 25.8 Å². The summed E-state index contributed by atoms with van der Waals surface area (Å²) >= 11 is 0. The number of rotatable bonds is 3. The second-order valence-electron chi connectivity index (χ2n) is 5.70. The summed E-state index contributed by atoms with van der Waals surface area (Å²) in [5, 5.41) is 5.83. The number of nitrogens with one attached hydrogen (secondary N) is 2. The highest BCUT2D eigenvalue weighted by Gasteiger charge is 2.18. The molecule has 22 heavy (non-hydrogen) atoms. The van der Waals surface area contributed by atoms with Crippen LogP contribution in [-0.2, 0) is 4.74 Å². The van der Waals surface area contributed by atoms with E-state index >= 15 is 0 Å². The molecule has 2 N–H and O–H groups in total. The maximum Gasteiger partial charge on any atom is 0.337 e. The molecule has 0 atom stereocenters. The molecule has 6 heteroatoms. The number of hydrogen-bond donors (Lipinski definition) is 2. The molecule has 6 nitrogen and oxygen atoms in total. The van der Waals surface area contributed by atoms with Gasteiger partial charge in [-0.05, 0) is 63.7 Å². The van der Waals surface area contributed by atoms with Crippen molar-refractivity contribution in [3.8, 4) is 0 Å². The summed E-state index contributed by atoms with van der Waals surface area (Å²) in [5.41, 5.74) is 1.99. The molecule has 0 unspecified atom stereocenters. The summed E-state index contributed by atoms with van der Waals surface area (Å²) in [4.78, 5) is 25.8. The highest BCUT2D eigenvalue weighted by atomic mass is 16.5. The highest BCUT2D eigenvalue weighted by molar-refractivity contribution is 5.93. The van der Waals surface area contributed by atoms with Crippen LogP contribution in [0.2, 0.25) is 0 Å². The number of benzene rings is 1. The third-order valence-corrected chi connectivity index (χ3v) is 3.95. The van der Waals surface area contributed by atoms with Crippen molar-refractivity contribution in [2.24, 2.45) is 0 Å². The molecule has 1 saturated heterocycles. The summed E-state index contributed by atoms with van der Waals surface area (Å²) < 4.78 is 4.68. The zero-order valence-electron chi connectivity index (χ0n) is 13.3. The van der Waals surface area contributed by atoms with Gasteiger partial charge in [-0.1, -0.05) is 0 Å². The maximum atomic E-state index is 12.1. The Morgan fingerprint density at radius 2 is 1.95 bits per heavy atom. The van der Waals surface area contributed by atoms with Crippen LogP contribution in [0.25, 0.3) is 0 Å². The Balaban J connectivity index is 1.92. The molecule has 1 aromatic carbocycles. The molecule has 1 fully saturated rings. The van der Waals surface area contributed by atoms with Crippen molar-refractivity contribution in [3.05, 3.63) is 29.3 Å². The number of nitrogens with zero attached hydrogens (tertiary/aromatic N) is 1. The predicted octanol–water partition coefficient (Wildman–Crippen LogP) is 2.00. The van der Waals surface area contributed by atoms with Crippen LogP contribution in [0.5, 0.6) is 0 Å². The largest absolute Gasteiger partial charge is 0.465 e. The Hall–Kier alpha value is -2.08. The van der Waals surface area contributed by atoms with Crippen molar-refractivity contribution >= 4 is 17.7 Å². The summed E-state index contributed by atoms with van der Waals surface area (Å²) in [5.74, 6) is -0.384. The Kier molecular flexibility index (Phi) is 5.38. The second kappa shape index (κ2) is 7.26. The van der Waals surface area contributed by atoms with E-state index in [0.717, 1.165) is 31.5 Å². The van der Waals surface area contributed by atoms with E-state index in [1.165, 1.54) is 7.11 Å². The van der Waals surface area contributed by atoms with Crippen LogP contribution in [0.1, 0.15) is 28.8 Å². The first kappa shape index (κ1) is 16.3. The zero-order valence-corrected chi connectivity index (χ0v) is 13.3. The molecule has 0 aliphatic carbocycles. The lowest BCUT2D eigenvalue weighted by Crippen LogP contribution is -2.44. The van der Waals surface area contributed by atoms with Gasteiger partial charge in [0.25, 0.3) is 0 Å². The van der Waals surface area contributed by atoms with Gasteiger partial charge >= 0.3 is 12.0 Å². The fraction of sp³-hybridized carbons (Fsp3) is 0.500. The number of amides is 2. The number of hydrogen-bond acceptors (Lipinski definition) is 4. The Bertz CT molecular complexity index is 552. The molecule has 2 rings (SSSR count). The first-order valence-electron chi connectivity index (χ1n) is 7.44. The van der Waals surface area contributed by atoms with Gasteiger partial charge in [-0.2, -0.15) is 0 Å². The molecule has 120 valence electrons. The van der Waals surface area contributed by atoms with Crippen LogP contribution in [0.4, 0.5) is 10.5 Å². The number of carbonyl (C=O) groups excluding carboxylic acids is 2. The van der Waals surface area contributed by atoms with Gasteiger partial charge in [0.05, 0.1) is 12.7 Å². The topological polar surface area (TPSA) is 70.7 Å². The lowest BCUT2D eigenvalue weighted by molar-refractivity contribution is 0.0600. The van der Waals surface area contributed by atoms with E-state index in [0.29, 0.717) is 11.3 Å². The van der Waals surface area contributed by atoms with Crippen molar-refractivity contribution in [2.75, 3.05) is 32.6 Å². The average Bonchev–Trinajstić information content (AvgIpc) is 2.50. The maximum absolute atomic E-state index is 12.1. The average molecular weight is 305 g/mol. The number of anilines is 1. The first-order chi connectivity index (χ1) is 10.5. The molecule has 1 heterocycles. The van der Waals surface area contributed by atoms with E-state index in [9.17, 15) is 9.59 Å². The van der Waals surface area contributed by atoms with Crippen molar-refractivity contribution in [1.82, 2.24) is 10.2 Å². The van der Waals surface area contributed by atoms with Crippen molar-refractivity contribution in [3.63, 3.8) is 0 Å². The van der Waals surface area contributed by atoms with Gasteiger partial charge < -0.3 is 20.3 Å². The standard InChI is InChI=1S/C16H23N3O3/c1-11-10-12(15(20)22-3)4-5-14(11)18-16(21)17-13-6-8-19(2)9-7-13/h4-5,10,13H,6-9H2,1-3H3,(H2,17,18,21). The van der Waals surface area contributed by atoms with Gasteiger partial charge in [-0.25, -0.2) is 9.59 Å². The third-order valence-electron chi connectivity index (χ3n) is 3.95. The smallest absolute Gasteiger partial charge is 0.337 e. The van der Waals surface area contributed by atoms with Crippen LogP contribution >= 0.6 is 0 Å². The van der Waals surface area contributed by atoms with Crippen molar-refractivity contribution < 1.29 is 14.3 Å². The number of piperidine rings is 1. The van der Waals surface area contributed by atoms with E-state index in [2.05, 4.69) is 27.3 Å². The van der Waals surface area contributed by atoms with Gasteiger partial charge in [-0.3, -0.25) is 0 Å². The molecule has 1 aliphatic rings. The quantitative estimate of drug-likeness (QED) is 0.838. The number of urea groups is 1. The van der Waals surface area contributed by atoms with Gasteiger partial charge in [-0.15, -0.1) is 0 Å². The van der Waals surface area contributed by atoms with Crippen LogP contribution in [0.3, 0.4) is 0 Å². The van der Waals surface area contributed by atoms with Gasteiger partial charge in [0.2, 0.25) is 0 Å². The summed E-state index contributed by atoms with van der Waals surface area (Å²) in [7, 11) is 3.43. The highest BCUT2D eigenvalue weighted by Crippen LogP contribution is 2.17. The van der Waals surface area contributed by atoms with Gasteiger partial charge in [0.1, 0.15) is 0 Å². The molecule has 0 aromatic heterocycles. The monoisotopic (exact) mass is 305 g/mol. The SMILES string of the molecule is COC(=O)c1ccc(NC(=O)NC2CCN(C)CC2)c(C)c1. The molecule has 0 spiro atoms. The molecular weight excluding hydrogens is 282 g/mol. The van der Waals surface area contributed by atoms with Crippen LogP contribution in [0.15, 0.2) is 18.2 Å². The molecule has 0 radical (unpaired) electrons. The van der Waals surface area contributed by atoms with Crippen LogP contribution in [-0.4, -0.2) is 50.2 Å². The van der Waals surface area contributed by atoms with E-state index in [1.54, 1.807) is 18.2 Å². The fourth-order valence-corrected chi connectivity index (χ4v) is 2.55. The molecule has 0 saturated carbocycles. The number of methoxy groups -OCH3 is 1. The predicted molar refractivity (Wildman–Crippen MR) is 85.2 cm³/mol. The van der Waals surface area contributed by atoms with Crippen LogP contribution in [0, 0.1) is 6.92 Å². The Labute approximate surface area is 130 Å². The lowest BCUT2D eigenvalue weighted by atomic mass is 10.1. The van der Waals surface area contributed by atoms with Crippen molar-refractivity contribution in [1.29, 1.82) is 0 Å². The van der Waals surface area contributed by atoms with E-state index < -0.39 is 0 Å². The number of carbonyl (C=O) groups is 2. The first-order valence-corrected chi connectivity index (χ1v) is 7.44. The van der Waals surface area contributed by atoms with E-state index in [-0.39, 0.29) is 18.0 Å². The summed E-state index contributed by atoms with van der Waals surface area (Å²) in [6.45, 7) is 3.84. The van der Waals surface area contributed by atoms with Gasteiger partial charge in [0.15, 0.2) is 0 Å². The molecule has 0 bridgehead atoms. The number of ether oxygens (including phenoxy) is 1. The second-order valence-corrected chi connectivity index (χ2v) is 5.70.